The number of carbonyl (C=O) groups excluding carboxylic acids is 1. The summed E-state index contributed by atoms with van der Waals surface area (Å²) in [5, 5.41) is 4.24. The molecule has 1 aromatic carbocycles. The second-order valence-electron chi connectivity index (χ2n) is 6.75. The molecule has 0 unspecified atom stereocenters. The molecule has 4 heteroatoms. The van der Waals surface area contributed by atoms with E-state index >= 15 is 0 Å². The van der Waals surface area contributed by atoms with Crippen molar-refractivity contribution < 1.29 is 4.79 Å². The number of benzene rings is 1. The van der Waals surface area contributed by atoms with Gasteiger partial charge in [0, 0.05) is 12.1 Å². The zero-order chi connectivity index (χ0) is 16.8. The minimum Gasteiger partial charge on any atom is -0.362 e. The van der Waals surface area contributed by atoms with Crippen LogP contribution in [0.2, 0.25) is 0 Å². The molecule has 1 aliphatic carbocycles. The first-order valence-electron chi connectivity index (χ1n) is 9.04. The fourth-order valence-electron chi connectivity index (χ4n) is 3.48. The van der Waals surface area contributed by atoms with Crippen LogP contribution in [0.15, 0.2) is 30.5 Å². The largest absolute Gasteiger partial charge is 0.362 e. The molecule has 1 aliphatic rings. The number of nitrogens with zero attached hydrogens (tertiary/aromatic N) is 1. The molecule has 3 nitrogen and oxygen atoms in total. The van der Waals surface area contributed by atoms with Crippen LogP contribution in [-0.2, 0) is 0 Å². The first-order chi connectivity index (χ1) is 11.7. The number of aromatic nitrogens is 1. The van der Waals surface area contributed by atoms with Gasteiger partial charge in [-0.1, -0.05) is 67.7 Å². The van der Waals surface area contributed by atoms with Gasteiger partial charge < -0.3 is 5.32 Å². The monoisotopic (exact) mass is 342 g/mol. The second kappa shape index (κ2) is 8.43. The van der Waals surface area contributed by atoms with Crippen molar-refractivity contribution >= 4 is 22.3 Å². The Bertz CT molecular complexity index is 674. The van der Waals surface area contributed by atoms with E-state index in [4.69, 9.17) is 0 Å². The van der Waals surface area contributed by atoms with E-state index in [0.29, 0.717) is 4.88 Å². The molecule has 1 fully saturated rings. The summed E-state index contributed by atoms with van der Waals surface area (Å²) in [5.41, 5.74) is 1.78. The molecule has 1 saturated carbocycles. The lowest BCUT2D eigenvalue weighted by Gasteiger charge is -2.21. The van der Waals surface area contributed by atoms with Gasteiger partial charge in [-0.2, -0.15) is 0 Å². The molecule has 0 radical (unpaired) electrons. The average molecular weight is 343 g/mol. The number of aryl methyl sites for hydroxylation is 1. The van der Waals surface area contributed by atoms with Crippen molar-refractivity contribution in [2.45, 2.75) is 51.9 Å². The van der Waals surface area contributed by atoms with E-state index in [0.717, 1.165) is 28.7 Å². The number of anilines is 1. The van der Waals surface area contributed by atoms with Crippen LogP contribution in [0.5, 0.6) is 0 Å². The highest BCUT2D eigenvalue weighted by molar-refractivity contribution is 7.17. The molecule has 0 spiro atoms. The topological polar surface area (TPSA) is 42.0 Å². The van der Waals surface area contributed by atoms with Gasteiger partial charge in [-0.05, 0) is 31.2 Å². The van der Waals surface area contributed by atoms with Crippen molar-refractivity contribution in [2.75, 3.05) is 11.9 Å². The van der Waals surface area contributed by atoms with E-state index in [-0.39, 0.29) is 5.78 Å². The zero-order valence-electron chi connectivity index (χ0n) is 14.4. The lowest BCUT2D eigenvalue weighted by molar-refractivity contribution is 0.104. The first kappa shape index (κ1) is 17.2. The van der Waals surface area contributed by atoms with E-state index in [1.165, 1.54) is 56.3 Å². The molecule has 1 aromatic heterocycles. The smallest absolute Gasteiger partial charge is 0.204 e. The van der Waals surface area contributed by atoms with Crippen LogP contribution in [0.3, 0.4) is 0 Å². The molecular formula is C20H26N2OS. The Kier molecular flexibility index (Phi) is 6.02. The lowest BCUT2D eigenvalue weighted by Crippen LogP contribution is -2.09. The third kappa shape index (κ3) is 4.44. The van der Waals surface area contributed by atoms with Crippen molar-refractivity contribution in [3.05, 3.63) is 46.5 Å². The normalized spacial score (nSPS) is 15.4. The van der Waals surface area contributed by atoms with E-state index in [9.17, 15) is 4.79 Å². The summed E-state index contributed by atoms with van der Waals surface area (Å²) in [5.74, 6) is 0.996. The summed E-state index contributed by atoms with van der Waals surface area (Å²) in [6.07, 6.45) is 11.3. The molecular weight excluding hydrogens is 316 g/mol. The van der Waals surface area contributed by atoms with Crippen LogP contribution in [-0.4, -0.2) is 17.3 Å². The maximum absolute atomic E-state index is 12.6. The standard InChI is InChI=1S/C20H26N2OS/c1-15-8-5-6-12-17(15)19(23)18-14-22-20(24-18)21-13-7-11-16-9-3-2-4-10-16/h5-6,8,12,14,16H,2-4,7,9-11,13H2,1H3,(H,21,22). The van der Waals surface area contributed by atoms with Crippen LogP contribution in [0.4, 0.5) is 5.13 Å². The maximum atomic E-state index is 12.6. The maximum Gasteiger partial charge on any atom is 0.204 e. The van der Waals surface area contributed by atoms with Crippen LogP contribution in [0, 0.1) is 12.8 Å². The zero-order valence-corrected chi connectivity index (χ0v) is 15.2. The average Bonchev–Trinajstić information content (AvgIpc) is 3.08. The molecule has 0 atom stereocenters. The highest BCUT2D eigenvalue weighted by Gasteiger charge is 2.15. The molecule has 128 valence electrons. The molecule has 0 saturated heterocycles. The third-order valence-electron chi connectivity index (χ3n) is 4.91. The number of thiazole rings is 1. The first-order valence-corrected chi connectivity index (χ1v) is 9.85. The van der Waals surface area contributed by atoms with Crippen LogP contribution < -0.4 is 5.32 Å². The van der Waals surface area contributed by atoms with E-state index in [1.807, 2.05) is 31.2 Å². The number of rotatable bonds is 7. The third-order valence-corrected chi connectivity index (χ3v) is 5.86. The van der Waals surface area contributed by atoms with Gasteiger partial charge in [-0.25, -0.2) is 4.98 Å². The van der Waals surface area contributed by atoms with Gasteiger partial charge in [0.1, 0.15) is 0 Å². The summed E-state index contributed by atoms with van der Waals surface area (Å²) in [7, 11) is 0. The molecule has 1 heterocycles. The van der Waals surface area contributed by atoms with Crippen LogP contribution in [0.25, 0.3) is 0 Å². The number of hydrogen-bond donors (Lipinski definition) is 1. The Labute approximate surface area is 148 Å². The van der Waals surface area contributed by atoms with Crippen molar-refractivity contribution in [2.24, 2.45) is 5.92 Å². The Morgan fingerprint density at radius 1 is 1.25 bits per heavy atom. The van der Waals surface area contributed by atoms with E-state index in [1.54, 1.807) is 6.20 Å². The van der Waals surface area contributed by atoms with Gasteiger partial charge in [0.25, 0.3) is 0 Å². The predicted molar refractivity (Wildman–Crippen MR) is 101 cm³/mol. The minimum atomic E-state index is 0.0702. The molecule has 1 N–H and O–H groups in total. The number of nitrogens with one attached hydrogen (secondary N) is 1. The Hall–Kier alpha value is -1.68. The summed E-state index contributed by atoms with van der Waals surface area (Å²) in [6.45, 7) is 2.92. The summed E-state index contributed by atoms with van der Waals surface area (Å²) in [4.78, 5) is 17.6. The quantitative estimate of drug-likeness (QED) is 0.537. The highest BCUT2D eigenvalue weighted by atomic mass is 32.1. The van der Waals surface area contributed by atoms with Gasteiger partial charge in [0.05, 0.1) is 11.1 Å². The molecule has 0 aliphatic heterocycles. The van der Waals surface area contributed by atoms with Gasteiger partial charge in [0.2, 0.25) is 5.78 Å². The lowest BCUT2D eigenvalue weighted by atomic mass is 9.86. The van der Waals surface area contributed by atoms with E-state index in [2.05, 4.69) is 10.3 Å². The summed E-state index contributed by atoms with van der Waals surface area (Å²) >= 11 is 1.46. The van der Waals surface area contributed by atoms with E-state index < -0.39 is 0 Å². The van der Waals surface area contributed by atoms with Crippen molar-refractivity contribution in [1.29, 1.82) is 0 Å². The summed E-state index contributed by atoms with van der Waals surface area (Å²) < 4.78 is 0. The van der Waals surface area contributed by atoms with Crippen molar-refractivity contribution in [3.8, 4) is 0 Å². The predicted octanol–water partition coefficient (Wildman–Crippen LogP) is 5.45. The van der Waals surface area contributed by atoms with Gasteiger partial charge in [-0.15, -0.1) is 0 Å². The Morgan fingerprint density at radius 2 is 2.04 bits per heavy atom. The minimum absolute atomic E-state index is 0.0702. The van der Waals surface area contributed by atoms with Crippen molar-refractivity contribution in [1.82, 2.24) is 4.98 Å². The van der Waals surface area contributed by atoms with Gasteiger partial charge in [0.15, 0.2) is 5.13 Å². The number of carbonyl (C=O) groups is 1. The molecule has 0 bridgehead atoms. The summed E-state index contributed by atoms with van der Waals surface area (Å²) in [6, 6.07) is 7.72. The fourth-order valence-corrected chi connectivity index (χ4v) is 4.28. The van der Waals surface area contributed by atoms with Crippen LogP contribution in [0.1, 0.15) is 65.7 Å². The Balaban J connectivity index is 1.48. The van der Waals surface area contributed by atoms with Gasteiger partial charge >= 0.3 is 0 Å². The highest BCUT2D eigenvalue weighted by Crippen LogP contribution is 2.27. The molecule has 24 heavy (non-hydrogen) atoms. The molecule has 0 amide bonds. The van der Waals surface area contributed by atoms with Crippen molar-refractivity contribution in [3.63, 3.8) is 0 Å². The fraction of sp³-hybridized carbons (Fsp3) is 0.500. The SMILES string of the molecule is Cc1ccccc1C(=O)c1cnc(NCCCC2CCCCC2)s1. The second-order valence-corrected chi connectivity index (χ2v) is 7.78. The molecule has 3 rings (SSSR count). The van der Waals surface area contributed by atoms with Crippen LogP contribution >= 0.6 is 11.3 Å². The number of hydrogen-bond acceptors (Lipinski definition) is 4. The Morgan fingerprint density at radius 3 is 2.83 bits per heavy atom. The van der Waals surface area contributed by atoms with Gasteiger partial charge in [-0.3, -0.25) is 4.79 Å². The molecule has 2 aromatic rings. The number of ketones is 1.